The summed E-state index contributed by atoms with van der Waals surface area (Å²) in [5, 5.41) is 2.37. The maximum atomic E-state index is 9.75. The lowest BCUT2D eigenvalue weighted by Gasteiger charge is -2.44. The van der Waals surface area contributed by atoms with Crippen LogP contribution in [0.15, 0.2) is 267 Å². The molecule has 15 rings (SSSR count). The molecule has 1 aliphatic carbocycles. The molecule has 0 amide bonds. The molecular weight excluding hydrogens is 890 g/mol. The summed E-state index contributed by atoms with van der Waals surface area (Å²) < 4.78 is 95.5. The van der Waals surface area contributed by atoms with Crippen molar-refractivity contribution in [3.8, 4) is 11.1 Å². The van der Waals surface area contributed by atoms with E-state index in [2.05, 4.69) is 142 Å². The molecule has 0 bridgehead atoms. The number of hydrogen-bond donors (Lipinski definition) is 0. The minimum atomic E-state index is -2.04. The van der Waals surface area contributed by atoms with Crippen LogP contribution >= 0.6 is 11.3 Å². The SMILES string of the molecule is [2H]c1c([2H])c([2H])c(C2(c3c([2H])c([2H])c([2H])c([2H])c3[2H])c3ccccc3-c3ccc(N4c5cc(N(c6ccccc6)c6ccccc6)ccc5B5c6ccccc6N(c6ccc7sc8ccccc8c7c6)c6cccc4c65)cc32)c([2H])c1[2H]. The zero-order valence-corrected chi connectivity index (χ0v) is 39.3. The molecule has 0 saturated heterocycles. The van der Waals surface area contributed by atoms with Crippen LogP contribution in [0.3, 0.4) is 0 Å². The van der Waals surface area contributed by atoms with Gasteiger partial charge in [-0.15, -0.1) is 11.3 Å². The Morgan fingerprint density at radius 2 is 0.972 bits per heavy atom. The lowest BCUT2D eigenvalue weighted by Crippen LogP contribution is -2.61. The number of rotatable bonds is 7. The molecule has 5 heteroatoms. The molecule has 3 nitrogen and oxygen atoms in total. The molecule has 0 N–H and O–H groups in total. The van der Waals surface area contributed by atoms with E-state index >= 15 is 0 Å². The van der Waals surface area contributed by atoms with Gasteiger partial charge in [-0.2, -0.15) is 0 Å². The first-order valence-electron chi connectivity index (χ1n) is 29.0. The summed E-state index contributed by atoms with van der Waals surface area (Å²) in [7, 11) is 0. The lowest BCUT2D eigenvalue weighted by molar-refractivity contribution is 0.768. The van der Waals surface area contributed by atoms with Gasteiger partial charge in [-0.25, -0.2) is 0 Å². The molecule has 0 fully saturated rings. The molecule has 72 heavy (non-hydrogen) atoms. The van der Waals surface area contributed by atoms with Gasteiger partial charge >= 0.3 is 0 Å². The van der Waals surface area contributed by atoms with Crippen molar-refractivity contribution < 1.29 is 13.7 Å². The number of thiophene rings is 1. The van der Waals surface area contributed by atoms with Gasteiger partial charge in [-0.05, 0) is 141 Å². The quantitative estimate of drug-likeness (QED) is 0.147. The summed E-state index contributed by atoms with van der Waals surface area (Å²) in [5.74, 6) is 0. The van der Waals surface area contributed by atoms with Gasteiger partial charge in [-0.3, -0.25) is 0 Å². The number of hydrogen-bond acceptors (Lipinski definition) is 4. The Bertz CT molecular complexity index is 4540. The van der Waals surface area contributed by atoms with Crippen molar-refractivity contribution >= 4 is 106 Å². The third-order valence-corrected chi connectivity index (χ3v) is 16.0. The molecular formula is C67H44BN3S. The highest BCUT2D eigenvalue weighted by Crippen LogP contribution is 2.58. The first kappa shape index (κ1) is 32.1. The van der Waals surface area contributed by atoms with Crippen LogP contribution < -0.4 is 31.1 Å². The maximum Gasteiger partial charge on any atom is 0.252 e. The lowest BCUT2D eigenvalue weighted by atomic mass is 9.33. The number of para-hydroxylation sites is 3. The van der Waals surface area contributed by atoms with Crippen LogP contribution in [0.25, 0.3) is 31.3 Å². The van der Waals surface area contributed by atoms with Crippen LogP contribution in [0.2, 0.25) is 0 Å². The second-order valence-corrected chi connectivity index (χ2v) is 19.5. The zero-order valence-electron chi connectivity index (χ0n) is 48.5. The summed E-state index contributed by atoms with van der Waals surface area (Å²) in [6.07, 6.45) is 0. The predicted octanol–water partition coefficient (Wildman–Crippen LogP) is 16.0. The fourth-order valence-corrected chi connectivity index (χ4v) is 13.1. The summed E-state index contributed by atoms with van der Waals surface area (Å²) >= 11 is 1.78. The molecule has 0 atom stereocenters. The molecule has 11 aromatic carbocycles. The van der Waals surface area contributed by atoms with E-state index in [1.165, 1.54) is 20.2 Å². The second-order valence-electron chi connectivity index (χ2n) is 18.4. The van der Waals surface area contributed by atoms with E-state index in [1.54, 1.807) is 23.5 Å². The Morgan fingerprint density at radius 1 is 0.403 bits per heavy atom. The van der Waals surface area contributed by atoms with Gasteiger partial charge in [0.1, 0.15) is 0 Å². The molecule has 0 spiro atoms. The Balaban J connectivity index is 1.05. The average Bonchev–Trinajstić information content (AvgIpc) is 2.08. The van der Waals surface area contributed by atoms with Crippen LogP contribution in [0, 0.1) is 0 Å². The van der Waals surface area contributed by atoms with Gasteiger partial charge in [0, 0.05) is 71.4 Å². The zero-order chi connectivity index (χ0) is 56.0. The van der Waals surface area contributed by atoms with Gasteiger partial charge in [0.2, 0.25) is 0 Å². The molecule has 336 valence electrons. The molecule has 0 radical (unpaired) electrons. The monoisotopic (exact) mass is 943 g/mol. The van der Waals surface area contributed by atoms with Gasteiger partial charge in [0.25, 0.3) is 6.71 Å². The highest BCUT2D eigenvalue weighted by molar-refractivity contribution is 7.25. The molecule has 3 heterocycles. The van der Waals surface area contributed by atoms with Gasteiger partial charge in [-0.1, -0.05) is 176 Å². The van der Waals surface area contributed by atoms with Gasteiger partial charge in [0.15, 0.2) is 0 Å². The van der Waals surface area contributed by atoms with Crippen LogP contribution in [0.4, 0.5) is 51.2 Å². The van der Waals surface area contributed by atoms with Crippen molar-refractivity contribution in [1.29, 1.82) is 0 Å². The highest BCUT2D eigenvalue weighted by Gasteiger charge is 2.48. The molecule has 2 aliphatic heterocycles. The molecule has 3 aliphatic rings. The van der Waals surface area contributed by atoms with Crippen LogP contribution in [-0.4, -0.2) is 6.71 Å². The Labute approximate surface area is 437 Å². The molecule has 1 aromatic heterocycles. The third-order valence-electron chi connectivity index (χ3n) is 14.8. The highest BCUT2D eigenvalue weighted by atomic mass is 32.1. The fourth-order valence-electron chi connectivity index (χ4n) is 12.0. The summed E-state index contributed by atoms with van der Waals surface area (Å²) in [6.45, 7) is -0.263. The first-order valence-corrected chi connectivity index (χ1v) is 24.9. The number of nitrogens with zero attached hydrogens (tertiary/aromatic N) is 3. The smallest absolute Gasteiger partial charge is 0.252 e. The Kier molecular flexibility index (Phi) is 7.16. The third kappa shape index (κ3) is 5.92. The van der Waals surface area contributed by atoms with E-state index in [4.69, 9.17) is 8.22 Å². The van der Waals surface area contributed by atoms with E-state index in [-0.39, 0.29) is 17.8 Å². The number of benzene rings is 11. The van der Waals surface area contributed by atoms with E-state index in [1.807, 2.05) is 66.7 Å². The Morgan fingerprint density at radius 3 is 1.72 bits per heavy atom. The van der Waals surface area contributed by atoms with Crippen molar-refractivity contribution in [3.63, 3.8) is 0 Å². The van der Waals surface area contributed by atoms with Gasteiger partial charge in [0.05, 0.1) is 19.1 Å². The van der Waals surface area contributed by atoms with Crippen LogP contribution in [0.1, 0.15) is 36.0 Å². The van der Waals surface area contributed by atoms with Crippen molar-refractivity contribution in [2.75, 3.05) is 14.7 Å². The van der Waals surface area contributed by atoms with Crippen molar-refractivity contribution in [2.24, 2.45) is 0 Å². The summed E-state index contributed by atoms with van der Waals surface area (Å²) in [4.78, 5) is 6.83. The van der Waals surface area contributed by atoms with E-state index in [9.17, 15) is 5.48 Å². The van der Waals surface area contributed by atoms with E-state index in [0.29, 0.717) is 27.9 Å². The normalized spacial score (nSPS) is 15.5. The first-order chi connectivity index (χ1) is 39.9. The standard InChI is InChI=1S/C67H44BN3S/c1-5-20-45(21-6-1)67(46-22-7-2-8-23-46)56-30-15-13-28-52(56)53-39-36-50(43-57(53)67)71-62-34-19-33-61-66(62)68(59-40-37-51(44-63(59)71)69(47-24-9-3-10-25-47)48-26-11-4-12-27-48)58-31-16-17-32-60(58)70(61)49-38-41-65-55(42-49)54-29-14-18-35-64(54)72-65/h1-44H/i1D,2D,5D,6D,7D,8D,20D,21D,22D,23D. The van der Waals surface area contributed by atoms with E-state index in [0.717, 1.165) is 61.9 Å². The predicted molar refractivity (Wildman–Crippen MR) is 305 cm³/mol. The van der Waals surface area contributed by atoms with Gasteiger partial charge < -0.3 is 14.7 Å². The van der Waals surface area contributed by atoms with Crippen molar-refractivity contribution in [3.05, 3.63) is 289 Å². The van der Waals surface area contributed by atoms with Crippen molar-refractivity contribution in [2.45, 2.75) is 5.41 Å². The minimum Gasteiger partial charge on any atom is -0.311 e. The topological polar surface area (TPSA) is 9.72 Å². The molecule has 12 aromatic rings. The second kappa shape index (κ2) is 16.1. The Hall–Kier alpha value is -8.90. The average molecular weight is 944 g/mol. The molecule has 0 unspecified atom stereocenters. The van der Waals surface area contributed by atoms with E-state index < -0.39 is 65.8 Å². The minimum absolute atomic E-state index is 0.220. The maximum absolute atomic E-state index is 9.75. The van der Waals surface area contributed by atoms with Crippen LogP contribution in [0.5, 0.6) is 0 Å². The summed E-state index contributed by atoms with van der Waals surface area (Å²) in [5.41, 5.74) is 10.9. The fraction of sp³-hybridized carbons (Fsp3) is 0.0149. The summed E-state index contributed by atoms with van der Waals surface area (Å²) in [6, 6.07) is 64.7. The number of fused-ring (bicyclic) bond motifs is 10. The van der Waals surface area contributed by atoms with Crippen molar-refractivity contribution in [1.82, 2.24) is 0 Å². The number of anilines is 9. The molecule has 0 saturated carbocycles. The van der Waals surface area contributed by atoms with Crippen LogP contribution in [-0.2, 0) is 5.41 Å². The largest absolute Gasteiger partial charge is 0.311 e.